The van der Waals surface area contributed by atoms with E-state index in [4.69, 9.17) is 9.47 Å². The average Bonchev–Trinajstić information content (AvgIpc) is 2.76. The van der Waals surface area contributed by atoms with E-state index in [9.17, 15) is 14.4 Å². The molecule has 0 aliphatic carbocycles. The standard InChI is InChI=1S/C18H25N3O5/c1-7-21-14-9-11(15(22)25-8-2)12(10-13(14)20(6)17(21)24)19-16(23)26-18(3,4)5/h9-10H,7-8H2,1-6H3,(H,19,23). The topological polar surface area (TPSA) is 91.6 Å². The number of aryl methyl sites for hydroxylation is 2. The average molecular weight is 363 g/mol. The number of amides is 1. The summed E-state index contributed by atoms with van der Waals surface area (Å²) >= 11 is 0. The van der Waals surface area contributed by atoms with Gasteiger partial charge in [-0.05, 0) is 46.8 Å². The summed E-state index contributed by atoms with van der Waals surface area (Å²) in [7, 11) is 1.64. The Bertz CT molecular complexity index is 902. The molecule has 1 aromatic heterocycles. The maximum atomic E-state index is 12.4. The molecule has 1 amide bonds. The molecule has 0 unspecified atom stereocenters. The minimum Gasteiger partial charge on any atom is -0.462 e. The van der Waals surface area contributed by atoms with Crippen molar-refractivity contribution in [3.8, 4) is 0 Å². The molecular formula is C18H25N3O5. The summed E-state index contributed by atoms with van der Waals surface area (Å²) in [6.07, 6.45) is -0.692. The summed E-state index contributed by atoms with van der Waals surface area (Å²) < 4.78 is 13.4. The molecule has 0 spiro atoms. The van der Waals surface area contributed by atoms with Crippen LogP contribution < -0.4 is 11.0 Å². The number of ether oxygens (including phenoxy) is 2. The van der Waals surface area contributed by atoms with Crippen LogP contribution in [0.5, 0.6) is 0 Å². The van der Waals surface area contributed by atoms with Gasteiger partial charge in [0.1, 0.15) is 5.60 Å². The smallest absolute Gasteiger partial charge is 0.412 e. The number of nitrogens with zero attached hydrogens (tertiary/aromatic N) is 2. The van der Waals surface area contributed by atoms with Gasteiger partial charge in [0, 0.05) is 13.6 Å². The number of imidazole rings is 1. The van der Waals surface area contributed by atoms with Crippen LogP contribution in [0.1, 0.15) is 45.0 Å². The van der Waals surface area contributed by atoms with Crippen LogP contribution in [0.25, 0.3) is 11.0 Å². The highest BCUT2D eigenvalue weighted by Gasteiger charge is 2.22. The minimum atomic E-state index is -0.692. The summed E-state index contributed by atoms with van der Waals surface area (Å²) in [5.74, 6) is -0.584. The fraction of sp³-hybridized carbons (Fsp3) is 0.500. The number of benzene rings is 1. The van der Waals surface area contributed by atoms with Crippen LogP contribution in [0.15, 0.2) is 16.9 Å². The first-order chi connectivity index (χ1) is 12.1. The van der Waals surface area contributed by atoms with Crippen molar-refractivity contribution in [1.29, 1.82) is 0 Å². The molecule has 0 aliphatic rings. The zero-order valence-corrected chi connectivity index (χ0v) is 16.0. The van der Waals surface area contributed by atoms with Crippen LogP contribution in [0.4, 0.5) is 10.5 Å². The molecule has 0 saturated carbocycles. The Morgan fingerprint density at radius 1 is 1.15 bits per heavy atom. The molecular weight excluding hydrogens is 338 g/mol. The Balaban J connectivity index is 2.60. The van der Waals surface area contributed by atoms with Crippen molar-refractivity contribution in [2.75, 3.05) is 11.9 Å². The summed E-state index contributed by atoms with van der Waals surface area (Å²) in [4.78, 5) is 36.9. The van der Waals surface area contributed by atoms with Gasteiger partial charge in [0.15, 0.2) is 0 Å². The van der Waals surface area contributed by atoms with Crippen molar-refractivity contribution in [2.45, 2.75) is 46.8 Å². The van der Waals surface area contributed by atoms with Crippen molar-refractivity contribution in [3.05, 3.63) is 28.2 Å². The van der Waals surface area contributed by atoms with Gasteiger partial charge in [-0.3, -0.25) is 14.5 Å². The number of hydrogen-bond acceptors (Lipinski definition) is 5. The zero-order valence-electron chi connectivity index (χ0n) is 16.0. The normalized spacial score (nSPS) is 11.5. The number of rotatable bonds is 4. The van der Waals surface area contributed by atoms with Crippen molar-refractivity contribution in [2.24, 2.45) is 7.05 Å². The Kier molecular flexibility index (Phi) is 5.44. The number of fused-ring (bicyclic) bond motifs is 1. The Morgan fingerprint density at radius 2 is 1.81 bits per heavy atom. The van der Waals surface area contributed by atoms with E-state index in [1.165, 1.54) is 4.57 Å². The second-order valence-corrected chi connectivity index (χ2v) is 6.82. The number of anilines is 1. The number of hydrogen-bond donors (Lipinski definition) is 1. The molecule has 8 heteroatoms. The molecule has 8 nitrogen and oxygen atoms in total. The third kappa shape index (κ3) is 3.89. The lowest BCUT2D eigenvalue weighted by molar-refractivity contribution is 0.0527. The van der Waals surface area contributed by atoms with E-state index in [2.05, 4.69) is 5.32 Å². The van der Waals surface area contributed by atoms with Gasteiger partial charge >= 0.3 is 17.8 Å². The van der Waals surface area contributed by atoms with Crippen molar-refractivity contribution >= 4 is 28.8 Å². The number of carbonyl (C=O) groups is 2. The molecule has 2 rings (SSSR count). The molecule has 0 atom stereocenters. The lowest BCUT2D eigenvalue weighted by Gasteiger charge is -2.20. The van der Waals surface area contributed by atoms with Crippen LogP contribution in [0, 0.1) is 0 Å². The molecule has 26 heavy (non-hydrogen) atoms. The lowest BCUT2D eigenvalue weighted by atomic mass is 10.1. The summed E-state index contributed by atoms with van der Waals surface area (Å²) in [5.41, 5.74) is 0.698. The largest absolute Gasteiger partial charge is 0.462 e. The molecule has 0 bridgehead atoms. The summed E-state index contributed by atoms with van der Waals surface area (Å²) in [6, 6.07) is 3.14. The SMILES string of the molecule is CCOC(=O)c1cc2c(cc1NC(=O)OC(C)(C)C)n(C)c(=O)n2CC. The van der Waals surface area contributed by atoms with E-state index in [0.29, 0.717) is 17.6 Å². The second-order valence-electron chi connectivity index (χ2n) is 6.82. The Hall–Kier alpha value is -2.77. The van der Waals surface area contributed by atoms with Gasteiger partial charge in [-0.1, -0.05) is 0 Å². The first-order valence-electron chi connectivity index (χ1n) is 8.49. The van der Waals surface area contributed by atoms with E-state index < -0.39 is 17.7 Å². The van der Waals surface area contributed by atoms with E-state index in [-0.39, 0.29) is 23.5 Å². The molecule has 0 aliphatic heterocycles. The fourth-order valence-electron chi connectivity index (χ4n) is 2.65. The predicted molar refractivity (Wildman–Crippen MR) is 98.7 cm³/mol. The van der Waals surface area contributed by atoms with Gasteiger partial charge in [-0.2, -0.15) is 0 Å². The van der Waals surface area contributed by atoms with Gasteiger partial charge in [0.25, 0.3) is 0 Å². The maximum absolute atomic E-state index is 12.4. The first-order valence-corrected chi connectivity index (χ1v) is 8.49. The van der Waals surface area contributed by atoms with E-state index in [1.54, 1.807) is 51.4 Å². The van der Waals surface area contributed by atoms with Crippen molar-refractivity contribution in [3.63, 3.8) is 0 Å². The molecule has 0 fully saturated rings. The van der Waals surface area contributed by atoms with Crippen LogP contribution >= 0.6 is 0 Å². The van der Waals surface area contributed by atoms with Crippen molar-refractivity contribution in [1.82, 2.24) is 9.13 Å². The summed E-state index contributed by atoms with van der Waals surface area (Å²) in [6.45, 7) is 9.42. The molecule has 142 valence electrons. The van der Waals surface area contributed by atoms with Gasteiger partial charge in [0.2, 0.25) is 0 Å². The first kappa shape index (κ1) is 19.6. The number of esters is 1. The molecule has 1 N–H and O–H groups in total. The molecule has 1 aromatic carbocycles. The Morgan fingerprint density at radius 3 is 2.35 bits per heavy atom. The van der Waals surface area contributed by atoms with E-state index in [0.717, 1.165) is 0 Å². The zero-order chi connectivity index (χ0) is 19.6. The number of aromatic nitrogens is 2. The van der Waals surface area contributed by atoms with E-state index in [1.807, 2.05) is 6.92 Å². The minimum absolute atomic E-state index is 0.165. The third-order valence-corrected chi connectivity index (χ3v) is 3.73. The molecule has 0 saturated heterocycles. The highest BCUT2D eigenvalue weighted by molar-refractivity contribution is 6.03. The van der Waals surface area contributed by atoms with E-state index >= 15 is 0 Å². The van der Waals surface area contributed by atoms with Gasteiger partial charge in [0.05, 0.1) is 28.9 Å². The van der Waals surface area contributed by atoms with Crippen LogP contribution in [-0.2, 0) is 23.1 Å². The van der Waals surface area contributed by atoms with Crippen LogP contribution in [-0.4, -0.2) is 33.4 Å². The van der Waals surface area contributed by atoms with Crippen LogP contribution in [0.2, 0.25) is 0 Å². The van der Waals surface area contributed by atoms with Gasteiger partial charge in [-0.15, -0.1) is 0 Å². The van der Waals surface area contributed by atoms with Crippen LogP contribution in [0.3, 0.4) is 0 Å². The van der Waals surface area contributed by atoms with Gasteiger partial charge in [-0.25, -0.2) is 14.4 Å². The highest BCUT2D eigenvalue weighted by Crippen LogP contribution is 2.25. The maximum Gasteiger partial charge on any atom is 0.412 e. The molecule has 2 aromatic rings. The number of carbonyl (C=O) groups excluding carboxylic acids is 2. The fourth-order valence-corrected chi connectivity index (χ4v) is 2.65. The van der Waals surface area contributed by atoms with Gasteiger partial charge < -0.3 is 9.47 Å². The number of nitrogens with one attached hydrogen (secondary N) is 1. The summed E-state index contributed by atoms with van der Waals surface area (Å²) in [5, 5.41) is 2.59. The highest BCUT2D eigenvalue weighted by atomic mass is 16.6. The van der Waals surface area contributed by atoms with Crippen molar-refractivity contribution < 1.29 is 19.1 Å². The predicted octanol–water partition coefficient (Wildman–Crippen LogP) is 2.88. The Labute approximate surface area is 151 Å². The third-order valence-electron chi connectivity index (χ3n) is 3.73. The monoisotopic (exact) mass is 363 g/mol. The quantitative estimate of drug-likeness (QED) is 0.844. The second kappa shape index (κ2) is 7.23. The molecule has 1 heterocycles. The molecule has 0 radical (unpaired) electrons. The lowest BCUT2D eigenvalue weighted by Crippen LogP contribution is -2.28.